The first-order valence-electron chi connectivity index (χ1n) is 7.58. The van der Waals surface area contributed by atoms with Crippen molar-refractivity contribution < 1.29 is 0 Å². The Kier molecular flexibility index (Phi) is 5.01. The van der Waals surface area contributed by atoms with Crippen LogP contribution in [0.4, 0.5) is 0 Å². The van der Waals surface area contributed by atoms with Crippen LogP contribution in [-0.2, 0) is 0 Å². The van der Waals surface area contributed by atoms with Gasteiger partial charge in [0.1, 0.15) is 0 Å². The Morgan fingerprint density at radius 1 is 1.17 bits per heavy atom. The predicted molar refractivity (Wildman–Crippen MR) is 82.5 cm³/mol. The number of nitrogens with zero attached hydrogens (tertiary/aromatic N) is 1. The van der Waals surface area contributed by atoms with Crippen LogP contribution in [0.25, 0.3) is 0 Å². The van der Waals surface area contributed by atoms with Crippen LogP contribution in [0.5, 0.6) is 0 Å². The maximum Gasteiger partial charge on any atom is 0.0308 e. The summed E-state index contributed by atoms with van der Waals surface area (Å²) in [5.74, 6) is 0. The van der Waals surface area contributed by atoms with Crippen LogP contribution in [0.1, 0.15) is 52.4 Å². The van der Waals surface area contributed by atoms with Crippen molar-refractivity contribution in [1.29, 1.82) is 0 Å². The van der Waals surface area contributed by atoms with Crippen LogP contribution in [0.2, 0.25) is 0 Å². The van der Waals surface area contributed by atoms with E-state index in [1.807, 2.05) is 11.8 Å². The van der Waals surface area contributed by atoms with Gasteiger partial charge in [-0.2, -0.15) is 11.8 Å². The summed E-state index contributed by atoms with van der Waals surface area (Å²) in [4.78, 5) is 2.72. The first-order valence-corrected chi connectivity index (χ1v) is 8.80. The van der Waals surface area contributed by atoms with Gasteiger partial charge >= 0.3 is 0 Å². The maximum absolute atomic E-state index is 3.88. The lowest BCUT2D eigenvalue weighted by atomic mass is 9.81. The highest BCUT2D eigenvalue weighted by Gasteiger charge is 2.36. The van der Waals surface area contributed by atoms with Crippen molar-refractivity contribution in [3.8, 4) is 0 Å². The second-order valence-corrected chi connectivity index (χ2v) is 8.31. The Bertz CT molecular complexity index is 259. The van der Waals surface area contributed by atoms with Gasteiger partial charge in [-0.05, 0) is 52.5 Å². The summed E-state index contributed by atoms with van der Waals surface area (Å²) < 4.78 is 0.389. The van der Waals surface area contributed by atoms with E-state index in [0.717, 1.165) is 0 Å². The molecule has 0 unspecified atom stereocenters. The van der Waals surface area contributed by atoms with E-state index in [-0.39, 0.29) is 0 Å². The van der Waals surface area contributed by atoms with Crippen LogP contribution < -0.4 is 5.32 Å². The number of rotatable bonds is 3. The van der Waals surface area contributed by atoms with E-state index in [2.05, 4.69) is 30.3 Å². The van der Waals surface area contributed by atoms with Crippen LogP contribution in [0.3, 0.4) is 0 Å². The Balaban J connectivity index is 1.98. The third-order valence-electron chi connectivity index (χ3n) is 4.65. The molecule has 1 heterocycles. The van der Waals surface area contributed by atoms with Gasteiger partial charge < -0.3 is 10.2 Å². The summed E-state index contributed by atoms with van der Waals surface area (Å²) in [7, 11) is 0. The fourth-order valence-electron chi connectivity index (χ4n) is 3.52. The fraction of sp³-hybridized carbons (Fsp3) is 1.00. The molecule has 3 heteroatoms. The molecule has 106 valence electrons. The van der Waals surface area contributed by atoms with E-state index in [1.165, 1.54) is 64.7 Å². The second-order valence-electron chi connectivity index (χ2n) is 6.80. The van der Waals surface area contributed by atoms with Crippen molar-refractivity contribution in [1.82, 2.24) is 10.2 Å². The zero-order chi connectivity index (χ0) is 13.1. The summed E-state index contributed by atoms with van der Waals surface area (Å²) in [6.45, 7) is 9.76. The van der Waals surface area contributed by atoms with Crippen molar-refractivity contribution >= 4 is 11.8 Å². The van der Waals surface area contributed by atoms with E-state index in [0.29, 0.717) is 10.3 Å². The summed E-state index contributed by atoms with van der Waals surface area (Å²) in [5.41, 5.74) is 0.448. The highest BCUT2D eigenvalue weighted by atomic mass is 32.2. The highest BCUT2D eigenvalue weighted by Crippen LogP contribution is 2.31. The quantitative estimate of drug-likeness (QED) is 0.848. The average Bonchev–Trinajstić information content (AvgIpc) is 2.52. The Labute approximate surface area is 117 Å². The molecule has 2 fully saturated rings. The first-order chi connectivity index (χ1) is 8.55. The molecule has 0 radical (unpaired) electrons. The SMILES string of the molecule is CSC(C)(C)CN1CCCNC2(CCCCC2)C1. The van der Waals surface area contributed by atoms with Crippen molar-refractivity contribution in [3.63, 3.8) is 0 Å². The number of hydrogen-bond acceptors (Lipinski definition) is 3. The van der Waals surface area contributed by atoms with Gasteiger partial charge in [-0.15, -0.1) is 0 Å². The van der Waals surface area contributed by atoms with Gasteiger partial charge in [-0.3, -0.25) is 0 Å². The predicted octanol–water partition coefficient (Wildman–Crippen LogP) is 3.13. The molecule has 0 amide bonds. The van der Waals surface area contributed by atoms with Crippen molar-refractivity contribution in [2.75, 3.05) is 32.4 Å². The number of nitrogens with one attached hydrogen (secondary N) is 1. The van der Waals surface area contributed by atoms with Gasteiger partial charge in [0.25, 0.3) is 0 Å². The third kappa shape index (κ3) is 3.88. The monoisotopic (exact) mass is 270 g/mol. The Hall–Kier alpha value is 0.270. The summed E-state index contributed by atoms with van der Waals surface area (Å²) >= 11 is 2.00. The van der Waals surface area contributed by atoms with Crippen LogP contribution in [0, 0.1) is 0 Å². The van der Waals surface area contributed by atoms with Crippen molar-refractivity contribution in [3.05, 3.63) is 0 Å². The van der Waals surface area contributed by atoms with E-state index in [1.54, 1.807) is 0 Å². The molecule has 1 saturated carbocycles. The normalized spacial score (nSPS) is 26.2. The summed E-state index contributed by atoms with van der Waals surface area (Å²) in [5, 5.41) is 3.88. The molecular weight excluding hydrogens is 240 g/mol. The first kappa shape index (κ1) is 14.7. The topological polar surface area (TPSA) is 15.3 Å². The molecule has 2 nitrogen and oxygen atoms in total. The van der Waals surface area contributed by atoms with Gasteiger partial charge in [0, 0.05) is 23.4 Å². The second kappa shape index (κ2) is 6.15. The standard InChI is InChI=1S/C15H30N2S/c1-14(2,18-3)12-17-11-7-10-16-15(13-17)8-5-4-6-9-15/h16H,4-13H2,1-3H3. The zero-order valence-corrected chi connectivity index (χ0v) is 13.2. The Morgan fingerprint density at radius 3 is 2.56 bits per heavy atom. The van der Waals surface area contributed by atoms with Crippen LogP contribution in [-0.4, -0.2) is 47.6 Å². The largest absolute Gasteiger partial charge is 0.310 e. The molecule has 1 saturated heterocycles. The maximum atomic E-state index is 3.88. The molecule has 18 heavy (non-hydrogen) atoms. The van der Waals surface area contributed by atoms with E-state index < -0.39 is 0 Å². The van der Waals surface area contributed by atoms with Crippen LogP contribution >= 0.6 is 11.8 Å². The molecule has 0 bridgehead atoms. The Morgan fingerprint density at radius 2 is 1.89 bits per heavy atom. The molecule has 1 aliphatic carbocycles. The molecule has 0 aromatic rings. The number of thioether (sulfide) groups is 1. The fourth-order valence-corrected chi connectivity index (χ4v) is 3.83. The van der Waals surface area contributed by atoms with E-state index in [9.17, 15) is 0 Å². The lowest BCUT2D eigenvalue weighted by Crippen LogP contribution is -2.54. The molecule has 2 rings (SSSR count). The molecule has 2 aliphatic rings. The molecule has 1 spiro atoms. The van der Waals surface area contributed by atoms with Crippen molar-refractivity contribution in [2.24, 2.45) is 0 Å². The molecule has 1 N–H and O–H groups in total. The van der Waals surface area contributed by atoms with Gasteiger partial charge in [-0.25, -0.2) is 0 Å². The number of hydrogen-bond donors (Lipinski definition) is 1. The summed E-state index contributed by atoms with van der Waals surface area (Å²) in [6.07, 6.45) is 10.6. The molecule has 0 aromatic heterocycles. The van der Waals surface area contributed by atoms with E-state index >= 15 is 0 Å². The minimum Gasteiger partial charge on any atom is -0.310 e. The van der Waals surface area contributed by atoms with Crippen LogP contribution in [0.15, 0.2) is 0 Å². The van der Waals surface area contributed by atoms with Crippen molar-refractivity contribution in [2.45, 2.75) is 62.7 Å². The minimum atomic E-state index is 0.389. The van der Waals surface area contributed by atoms with Gasteiger partial charge in [-0.1, -0.05) is 19.3 Å². The van der Waals surface area contributed by atoms with Gasteiger partial charge in [0.2, 0.25) is 0 Å². The lowest BCUT2D eigenvalue weighted by Gasteiger charge is -2.41. The molecular formula is C15H30N2S. The summed E-state index contributed by atoms with van der Waals surface area (Å²) in [6, 6.07) is 0. The van der Waals surface area contributed by atoms with E-state index in [4.69, 9.17) is 0 Å². The molecule has 1 aliphatic heterocycles. The zero-order valence-electron chi connectivity index (χ0n) is 12.4. The third-order valence-corrected chi connectivity index (χ3v) is 5.88. The average molecular weight is 270 g/mol. The minimum absolute atomic E-state index is 0.389. The van der Waals surface area contributed by atoms with Gasteiger partial charge in [0.05, 0.1) is 0 Å². The smallest absolute Gasteiger partial charge is 0.0308 e. The highest BCUT2D eigenvalue weighted by molar-refractivity contribution is 7.99. The molecule has 0 aromatic carbocycles. The lowest BCUT2D eigenvalue weighted by molar-refractivity contribution is 0.158. The van der Waals surface area contributed by atoms with Gasteiger partial charge in [0.15, 0.2) is 0 Å². The molecule has 0 atom stereocenters.